The van der Waals surface area contributed by atoms with Crippen molar-refractivity contribution >= 4 is 17.6 Å². The zero-order valence-corrected chi connectivity index (χ0v) is 10.6. The quantitative estimate of drug-likeness (QED) is 0.841. The maximum Gasteiger partial charge on any atom is 0.362 e. The van der Waals surface area contributed by atoms with E-state index in [1.165, 1.54) is 0 Å². The summed E-state index contributed by atoms with van der Waals surface area (Å²) < 4.78 is 5.39. The van der Waals surface area contributed by atoms with Gasteiger partial charge in [0.1, 0.15) is 0 Å². The number of hydrogen-bond donors (Lipinski definition) is 1. The van der Waals surface area contributed by atoms with Gasteiger partial charge >= 0.3 is 5.97 Å². The van der Waals surface area contributed by atoms with E-state index >= 15 is 0 Å². The van der Waals surface area contributed by atoms with Crippen molar-refractivity contribution in [1.29, 1.82) is 0 Å². The number of halogens is 1. The van der Waals surface area contributed by atoms with Crippen LogP contribution in [0.2, 0.25) is 5.02 Å². The number of aromatic hydroxyl groups is 1. The van der Waals surface area contributed by atoms with E-state index in [4.69, 9.17) is 11.6 Å². The van der Waals surface area contributed by atoms with Gasteiger partial charge in [-0.05, 0) is 12.1 Å². The molecule has 19 heavy (non-hydrogen) atoms. The molecule has 1 heterocycles. The number of aromatic nitrogens is 2. The Morgan fingerprint density at radius 2 is 2.11 bits per heavy atom. The van der Waals surface area contributed by atoms with Crippen molar-refractivity contribution in [2.24, 2.45) is 0 Å². The number of hydrogen-bond acceptors (Lipinski definition) is 5. The summed E-state index contributed by atoms with van der Waals surface area (Å²) in [6.07, 6.45) is 0. The molecular formula is C12H9ClN2O4. The molecule has 2 aromatic rings. The monoisotopic (exact) mass is 280 g/mol. The average molecular weight is 281 g/mol. The van der Waals surface area contributed by atoms with Crippen LogP contribution in [0, 0.1) is 0 Å². The van der Waals surface area contributed by atoms with Crippen molar-refractivity contribution in [2.75, 3.05) is 7.11 Å². The number of ether oxygens (including phenoxy) is 1. The molecule has 2 rings (SSSR count). The van der Waals surface area contributed by atoms with Gasteiger partial charge in [-0.2, -0.15) is 9.78 Å². The molecule has 6 nitrogen and oxygen atoms in total. The molecule has 7 heteroatoms. The molecule has 98 valence electrons. The van der Waals surface area contributed by atoms with Crippen LogP contribution in [0.15, 0.2) is 35.1 Å². The van der Waals surface area contributed by atoms with Crippen LogP contribution < -0.4 is 5.56 Å². The fourth-order valence-corrected chi connectivity index (χ4v) is 1.70. The third-order valence-corrected chi connectivity index (χ3v) is 2.69. The van der Waals surface area contributed by atoms with Crippen LogP contribution in [-0.4, -0.2) is 28.0 Å². The van der Waals surface area contributed by atoms with Crippen LogP contribution in [0.1, 0.15) is 10.5 Å². The molecule has 0 amide bonds. The summed E-state index contributed by atoms with van der Waals surface area (Å²) in [5, 5.41) is 13.6. The summed E-state index contributed by atoms with van der Waals surface area (Å²) >= 11 is 5.96. The zero-order chi connectivity index (χ0) is 14.0. The molecule has 0 atom stereocenters. The van der Waals surface area contributed by atoms with Crippen LogP contribution in [0.3, 0.4) is 0 Å². The SMILES string of the molecule is COC(=O)c1nn(-c2ccccc2Cl)c(=O)cc1O. The maximum atomic E-state index is 11.8. The Labute approximate surface area is 112 Å². The van der Waals surface area contributed by atoms with Crippen LogP contribution in [0.4, 0.5) is 0 Å². The number of carbonyl (C=O) groups is 1. The summed E-state index contributed by atoms with van der Waals surface area (Å²) in [5.74, 6) is -1.39. The van der Waals surface area contributed by atoms with E-state index in [0.717, 1.165) is 17.9 Å². The lowest BCUT2D eigenvalue weighted by Gasteiger charge is -2.08. The third-order valence-electron chi connectivity index (χ3n) is 2.37. The Bertz CT molecular complexity index is 696. The first-order chi connectivity index (χ1) is 9.04. The topological polar surface area (TPSA) is 81.4 Å². The highest BCUT2D eigenvalue weighted by molar-refractivity contribution is 6.32. The molecule has 1 aromatic heterocycles. The van der Waals surface area contributed by atoms with Gasteiger partial charge in [-0.25, -0.2) is 4.79 Å². The van der Waals surface area contributed by atoms with E-state index in [0.29, 0.717) is 10.7 Å². The summed E-state index contributed by atoms with van der Waals surface area (Å²) in [4.78, 5) is 23.2. The van der Waals surface area contributed by atoms with Crippen LogP contribution in [0.25, 0.3) is 5.69 Å². The zero-order valence-electron chi connectivity index (χ0n) is 9.83. The van der Waals surface area contributed by atoms with Gasteiger partial charge in [0.05, 0.1) is 17.8 Å². The Hall–Kier alpha value is -2.34. The van der Waals surface area contributed by atoms with Crippen molar-refractivity contribution in [1.82, 2.24) is 9.78 Å². The molecule has 0 spiro atoms. The Kier molecular flexibility index (Phi) is 3.52. The molecule has 1 N–H and O–H groups in total. The van der Waals surface area contributed by atoms with Gasteiger partial charge in [-0.15, -0.1) is 0 Å². The number of esters is 1. The standard InChI is InChI=1S/C12H9ClN2O4/c1-19-12(18)11-9(16)6-10(17)15(14-11)8-5-3-2-4-7(8)13/h2-6,16H,1H3. The fourth-order valence-electron chi connectivity index (χ4n) is 1.49. The number of para-hydroxylation sites is 1. The highest BCUT2D eigenvalue weighted by atomic mass is 35.5. The smallest absolute Gasteiger partial charge is 0.362 e. The van der Waals surface area contributed by atoms with Gasteiger partial charge in [0, 0.05) is 6.07 Å². The van der Waals surface area contributed by atoms with E-state index in [9.17, 15) is 14.7 Å². The molecule has 0 bridgehead atoms. The van der Waals surface area contributed by atoms with Crippen LogP contribution >= 0.6 is 11.6 Å². The van der Waals surface area contributed by atoms with E-state index in [1.54, 1.807) is 24.3 Å². The van der Waals surface area contributed by atoms with Crippen LogP contribution in [0.5, 0.6) is 5.75 Å². The van der Waals surface area contributed by atoms with E-state index in [2.05, 4.69) is 9.84 Å². The number of rotatable bonds is 2. The molecular weight excluding hydrogens is 272 g/mol. The van der Waals surface area contributed by atoms with E-state index in [-0.39, 0.29) is 5.69 Å². The van der Waals surface area contributed by atoms with E-state index in [1.807, 2.05) is 0 Å². The molecule has 0 radical (unpaired) electrons. The lowest BCUT2D eigenvalue weighted by Crippen LogP contribution is -2.23. The van der Waals surface area contributed by atoms with Gasteiger partial charge in [0.15, 0.2) is 5.75 Å². The van der Waals surface area contributed by atoms with Crippen molar-refractivity contribution in [2.45, 2.75) is 0 Å². The summed E-state index contributed by atoms with van der Waals surface area (Å²) in [6, 6.07) is 7.38. The normalized spacial score (nSPS) is 10.2. The molecule has 1 aromatic carbocycles. The lowest BCUT2D eigenvalue weighted by molar-refractivity contribution is 0.0588. The molecule has 0 aliphatic carbocycles. The lowest BCUT2D eigenvalue weighted by atomic mass is 10.3. The molecule has 0 fully saturated rings. The van der Waals surface area contributed by atoms with Crippen molar-refractivity contribution in [3.63, 3.8) is 0 Å². The Morgan fingerprint density at radius 1 is 1.42 bits per heavy atom. The van der Waals surface area contributed by atoms with E-state index < -0.39 is 17.3 Å². The third kappa shape index (κ3) is 2.43. The maximum absolute atomic E-state index is 11.8. The first-order valence-electron chi connectivity index (χ1n) is 5.21. The molecule has 0 aliphatic rings. The highest BCUT2D eigenvalue weighted by Crippen LogP contribution is 2.19. The highest BCUT2D eigenvalue weighted by Gasteiger charge is 2.17. The summed E-state index contributed by atoms with van der Waals surface area (Å²) in [5.41, 5.74) is -0.667. The molecule has 0 saturated heterocycles. The molecule has 0 saturated carbocycles. The number of methoxy groups -OCH3 is 1. The Balaban J connectivity index is 2.68. The van der Waals surface area contributed by atoms with Gasteiger partial charge in [0.25, 0.3) is 5.56 Å². The largest absolute Gasteiger partial charge is 0.505 e. The first kappa shape index (κ1) is 13.1. The second kappa shape index (κ2) is 5.11. The van der Waals surface area contributed by atoms with Crippen molar-refractivity contribution in [3.8, 4) is 11.4 Å². The molecule has 0 aliphatic heterocycles. The van der Waals surface area contributed by atoms with Crippen LogP contribution in [-0.2, 0) is 4.74 Å². The summed E-state index contributed by atoms with van der Waals surface area (Å²) in [7, 11) is 1.15. The Morgan fingerprint density at radius 3 is 2.74 bits per heavy atom. The predicted molar refractivity (Wildman–Crippen MR) is 67.8 cm³/mol. The minimum Gasteiger partial charge on any atom is -0.505 e. The predicted octanol–water partition coefficient (Wildman–Crippen LogP) is 1.38. The second-order valence-corrected chi connectivity index (χ2v) is 3.98. The van der Waals surface area contributed by atoms with Gasteiger partial charge in [0.2, 0.25) is 5.69 Å². The van der Waals surface area contributed by atoms with Gasteiger partial charge < -0.3 is 9.84 Å². The average Bonchev–Trinajstić information content (AvgIpc) is 2.39. The van der Waals surface area contributed by atoms with Gasteiger partial charge in [-0.1, -0.05) is 23.7 Å². The number of carbonyl (C=O) groups excluding carboxylic acids is 1. The van der Waals surface area contributed by atoms with Crippen molar-refractivity contribution in [3.05, 3.63) is 51.4 Å². The number of benzene rings is 1. The van der Waals surface area contributed by atoms with Crippen molar-refractivity contribution < 1.29 is 14.6 Å². The minimum atomic E-state index is -0.849. The minimum absolute atomic E-state index is 0.290. The first-order valence-corrected chi connectivity index (χ1v) is 5.59. The number of nitrogens with zero attached hydrogens (tertiary/aromatic N) is 2. The second-order valence-electron chi connectivity index (χ2n) is 3.57. The molecule has 0 unspecified atom stereocenters. The fraction of sp³-hybridized carbons (Fsp3) is 0.0833. The van der Waals surface area contributed by atoms with Gasteiger partial charge in [-0.3, -0.25) is 4.79 Å². The summed E-state index contributed by atoms with van der Waals surface area (Å²) in [6.45, 7) is 0.